The van der Waals surface area contributed by atoms with Gasteiger partial charge in [0.15, 0.2) is 0 Å². The summed E-state index contributed by atoms with van der Waals surface area (Å²) in [6.07, 6.45) is 2.56. The molecule has 4 rings (SSSR count). The lowest BCUT2D eigenvalue weighted by Crippen LogP contribution is -2.32. The predicted octanol–water partition coefficient (Wildman–Crippen LogP) is 4.44. The van der Waals surface area contributed by atoms with Gasteiger partial charge in [0.25, 0.3) is 5.56 Å². The molecule has 8 heteroatoms. The first-order chi connectivity index (χ1) is 15.0. The van der Waals surface area contributed by atoms with Crippen LogP contribution in [0.25, 0.3) is 5.69 Å². The van der Waals surface area contributed by atoms with E-state index in [9.17, 15) is 4.79 Å². The zero-order valence-corrected chi connectivity index (χ0v) is 18.6. The van der Waals surface area contributed by atoms with Crippen molar-refractivity contribution in [3.05, 3.63) is 80.2 Å². The molecule has 0 bridgehead atoms. The van der Waals surface area contributed by atoms with Gasteiger partial charge in [-0.25, -0.2) is 0 Å². The van der Waals surface area contributed by atoms with Crippen molar-refractivity contribution < 1.29 is 0 Å². The Morgan fingerprint density at radius 2 is 1.65 bits per heavy atom. The van der Waals surface area contributed by atoms with Crippen LogP contribution in [-0.4, -0.2) is 36.0 Å². The highest BCUT2D eigenvalue weighted by atomic mass is 35.5. The molecule has 158 valence electrons. The van der Waals surface area contributed by atoms with E-state index in [1.165, 1.54) is 4.68 Å². The molecule has 6 nitrogen and oxygen atoms in total. The molecule has 1 saturated heterocycles. The van der Waals surface area contributed by atoms with Crippen molar-refractivity contribution >= 4 is 34.6 Å². The van der Waals surface area contributed by atoms with Gasteiger partial charge >= 0.3 is 0 Å². The van der Waals surface area contributed by atoms with E-state index in [0.717, 1.165) is 37.3 Å². The highest BCUT2D eigenvalue weighted by Gasteiger charge is 2.20. The maximum Gasteiger partial charge on any atom is 0.292 e. The smallest absolute Gasteiger partial charge is 0.292 e. The fourth-order valence-corrected chi connectivity index (χ4v) is 4.13. The van der Waals surface area contributed by atoms with Crippen LogP contribution in [0.2, 0.25) is 10.0 Å². The Labute approximate surface area is 190 Å². The minimum Gasteiger partial charge on any atom is -0.370 e. The fraction of sp³-hybridized carbons (Fsp3) is 0.261. The second-order valence-electron chi connectivity index (χ2n) is 7.48. The minimum absolute atomic E-state index is 0.151. The molecule has 0 unspecified atom stereocenters. The van der Waals surface area contributed by atoms with E-state index in [4.69, 9.17) is 28.5 Å². The topological polar surface area (TPSA) is 65.2 Å². The van der Waals surface area contributed by atoms with Gasteiger partial charge in [-0.1, -0.05) is 29.3 Å². The van der Waals surface area contributed by atoms with Crippen LogP contribution in [-0.2, 0) is 0 Å². The van der Waals surface area contributed by atoms with E-state index >= 15 is 0 Å². The summed E-state index contributed by atoms with van der Waals surface area (Å²) in [5.41, 5.74) is 3.51. The van der Waals surface area contributed by atoms with Crippen LogP contribution in [0.5, 0.6) is 0 Å². The molecule has 0 amide bonds. The molecule has 3 aromatic rings. The fourth-order valence-electron chi connectivity index (χ4n) is 3.71. The SMILES string of the molecule is Cc1ccc(-n2ncc(N3CCCN(c4ccc(C#N)cc4)CC3)c(Cl)c2=O)cc1Cl. The molecule has 1 fully saturated rings. The van der Waals surface area contributed by atoms with E-state index in [0.29, 0.717) is 28.5 Å². The molecule has 0 spiro atoms. The van der Waals surface area contributed by atoms with Gasteiger partial charge in [0.05, 0.1) is 29.2 Å². The van der Waals surface area contributed by atoms with Crippen LogP contribution < -0.4 is 15.4 Å². The molecule has 2 heterocycles. The lowest BCUT2D eigenvalue weighted by Gasteiger charge is -2.25. The molecule has 1 aromatic heterocycles. The normalized spacial score (nSPS) is 14.3. The predicted molar refractivity (Wildman–Crippen MR) is 125 cm³/mol. The molecule has 0 radical (unpaired) electrons. The molecule has 1 aliphatic heterocycles. The van der Waals surface area contributed by atoms with E-state index in [2.05, 4.69) is 21.0 Å². The van der Waals surface area contributed by atoms with Crippen LogP contribution in [0, 0.1) is 18.3 Å². The average molecular weight is 454 g/mol. The van der Waals surface area contributed by atoms with Crippen LogP contribution in [0.1, 0.15) is 17.5 Å². The summed E-state index contributed by atoms with van der Waals surface area (Å²) in [5.74, 6) is 0. The van der Waals surface area contributed by atoms with E-state index in [1.54, 1.807) is 18.3 Å². The first kappa shape index (κ1) is 21.2. The maximum absolute atomic E-state index is 12.9. The lowest BCUT2D eigenvalue weighted by molar-refractivity contribution is 0.773. The number of benzene rings is 2. The summed E-state index contributed by atoms with van der Waals surface area (Å²) < 4.78 is 1.28. The van der Waals surface area contributed by atoms with E-state index in [1.807, 2.05) is 37.3 Å². The Morgan fingerprint density at radius 3 is 2.35 bits per heavy atom. The number of aromatic nitrogens is 2. The summed E-state index contributed by atoms with van der Waals surface area (Å²) in [6.45, 7) is 5.04. The molecule has 0 atom stereocenters. The van der Waals surface area contributed by atoms with E-state index in [-0.39, 0.29) is 10.6 Å². The molecule has 0 N–H and O–H groups in total. The third-order valence-corrected chi connectivity index (χ3v) is 6.26. The van der Waals surface area contributed by atoms with Crippen molar-refractivity contribution in [1.82, 2.24) is 9.78 Å². The molecule has 31 heavy (non-hydrogen) atoms. The summed E-state index contributed by atoms with van der Waals surface area (Å²) in [4.78, 5) is 17.3. The second kappa shape index (κ2) is 9.01. The van der Waals surface area contributed by atoms with Gasteiger partial charge < -0.3 is 9.80 Å². The van der Waals surface area contributed by atoms with Crippen molar-refractivity contribution in [1.29, 1.82) is 5.26 Å². The second-order valence-corrected chi connectivity index (χ2v) is 8.27. The summed E-state index contributed by atoms with van der Waals surface area (Å²) in [6, 6.07) is 15.1. The summed E-state index contributed by atoms with van der Waals surface area (Å²) in [5, 5.41) is 14.1. The largest absolute Gasteiger partial charge is 0.370 e. The van der Waals surface area contributed by atoms with Crippen LogP contribution in [0.15, 0.2) is 53.5 Å². The first-order valence-electron chi connectivity index (χ1n) is 10.0. The van der Waals surface area contributed by atoms with Crippen molar-refractivity contribution in [2.24, 2.45) is 0 Å². The quantitative estimate of drug-likeness (QED) is 0.586. The van der Waals surface area contributed by atoms with Gasteiger partial charge in [-0.3, -0.25) is 4.79 Å². The van der Waals surface area contributed by atoms with Crippen molar-refractivity contribution in [3.8, 4) is 11.8 Å². The van der Waals surface area contributed by atoms with Crippen molar-refractivity contribution in [3.63, 3.8) is 0 Å². The Morgan fingerprint density at radius 1 is 0.968 bits per heavy atom. The first-order valence-corrected chi connectivity index (χ1v) is 10.8. The Hall–Kier alpha value is -3.01. The van der Waals surface area contributed by atoms with Gasteiger partial charge in [-0.05, 0) is 55.3 Å². The number of anilines is 2. The van der Waals surface area contributed by atoms with Crippen LogP contribution >= 0.6 is 23.2 Å². The Kier molecular flexibility index (Phi) is 6.17. The lowest BCUT2D eigenvalue weighted by atomic mass is 10.2. The van der Waals surface area contributed by atoms with Gasteiger partial charge in [-0.15, -0.1) is 0 Å². The molecule has 1 aliphatic rings. The van der Waals surface area contributed by atoms with Gasteiger partial charge in [0, 0.05) is 36.9 Å². The number of hydrogen-bond donors (Lipinski definition) is 0. The third-order valence-electron chi connectivity index (χ3n) is 5.50. The highest BCUT2D eigenvalue weighted by Crippen LogP contribution is 2.25. The van der Waals surface area contributed by atoms with Crippen molar-refractivity contribution in [2.45, 2.75) is 13.3 Å². The number of nitriles is 1. The number of nitrogens with zero attached hydrogens (tertiary/aromatic N) is 5. The Balaban J connectivity index is 1.55. The molecular formula is C23H21Cl2N5O. The number of rotatable bonds is 3. The highest BCUT2D eigenvalue weighted by molar-refractivity contribution is 6.33. The molecular weight excluding hydrogens is 433 g/mol. The van der Waals surface area contributed by atoms with E-state index < -0.39 is 0 Å². The van der Waals surface area contributed by atoms with Gasteiger partial charge in [-0.2, -0.15) is 15.0 Å². The standard InChI is InChI=1S/C23H21Cl2N5O/c1-16-3-6-19(13-20(16)24)30-23(31)22(25)21(15-27-30)29-10-2-9-28(11-12-29)18-7-4-17(14-26)5-8-18/h3-8,13,15H,2,9-12H2,1H3. The molecule has 0 saturated carbocycles. The minimum atomic E-state index is -0.368. The number of halogens is 2. The maximum atomic E-state index is 12.9. The molecule has 2 aromatic carbocycles. The summed E-state index contributed by atoms with van der Waals surface area (Å²) in [7, 11) is 0. The molecule has 0 aliphatic carbocycles. The number of aryl methyl sites for hydroxylation is 1. The van der Waals surface area contributed by atoms with Crippen LogP contribution in [0.4, 0.5) is 11.4 Å². The average Bonchev–Trinajstić information content (AvgIpc) is 3.04. The zero-order valence-electron chi connectivity index (χ0n) is 17.1. The monoisotopic (exact) mass is 453 g/mol. The van der Waals surface area contributed by atoms with Crippen molar-refractivity contribution in [2.75, 3.05) is 36.0 Å². The zero-order chi connectivity index (χ0) is 22.0. The van der Waals surface area contributed by atoms with Gasteiger partial charge in [0.1, 0.15) is 5.02 Å². The summed E-state index contributed by atoms with van der Waals surface area (Å²) >= 11 is 12.7. The Bertz CT molecular complexity index is 1200. The number of hydrogen-bond acceptors (Lipinski definition) is 5. The van der Waals surface area contributed by atoms with Gasteiger partial charge in [0.2, 0.25) is 0 Å². The third kappa shape index (κ3) is 4.39. The van der Waals surface area contributed by atoms with Crippen LogP contribution in [0.3, 0.4) is 0 Å².